The van der Waals surface area contributed by atoms with Gasteiger partial charge in [0.25, 0.3) is 0 Å². The maximum absolute atomic E-state index is 14.1. The Hall–Kier alpha value is -1.88. The molecule has 0 heterocycles. The first-order valence-electron chi connectivity index (χ1n) is 6.03. The summed E-state index contributed by atoms with van der Waals surface area (Å²) in [6.07, 6.45) is 0. The first-order valence-corrected chi connectivity index (χ1v) is 6.03. The van der Waals surface area contributed by atoms with E-state index < -0.39 is 29.3 Å². The Balaban J connectivity index is 2.65. The lowest BCUT2D eigenvalue weighted by atomic mass is 9.95. The Morgan fingerprint density at radius 2 is 1.60 bits per heavy atom. The van der Waals surface area contributed by atoms with Crippen LogP contribution in [-0.4, -0.2) is 7.05 Å². The second-order valence-electron chi connectivity index (χ2n) is 4.46. The molecule has 2 rings (SSSR count). The first kappa shape index (κ1) is 14.5. The second-order valence-corrected chi connectivity index (χ2v) is 4.46. The molecule has 1 nitrogen and oxygen atoms in total. The fourth-order valence-electron chi connectivity index (χ4n) is 2.14. The van der Waals surface area contributed by atoms with Crippen molar-refractivity contribution in [2.45, 2.75) is 13.0 Å². The third-order valence-corrected chi connectivity index (χ3v) is 3.19. The number of nitrogens with one attached hydrogen (secondary N) is 1. The molecule has 0 fully saturated rings. The Labute approximate surface area is 114 Å². The number of halogens is 4. The van der Waals surface area contributed by atoms with Gasteiger partial charge < -0.3 is 5.32 Å². The van der Waals surface area contributed by atoms with E-state index in [9.17, 15) is 17.6 Å². The first-order chi connectivity index (χ1) is 9.47. The lowest BCUT2D eigenvalue weighted by Gasteiger charge is -2.20. The van der Waals surface area contributed by atoms with Gasteiger partial charge in [-0.2, -0.15) is 0 Å². The van der Waals surface area contributed by atoms with E-state index in [1.54, 1.807) is 0 Å². The monoisotopic (exact) mass is 283 g/mol. The Morgan fingerprint density at radius 3 is 2.25 bits per heavy atom. The van der Waals surface area contributed by atoms with Crippen molar-refractivity contribution in [2.75, 3.05) is 7.05 Å². The van der Waals surface area contributed by atoms with Gasteiger partial charge in [0.05, 0.1) is 6.04 Å². The summed E-state index contributed by atoms with van der Waals surface area (Å²) in [4.78, 5) is 0. The summed E-state index contributed by atoms with van der Waals surface area (Å²) in [7, 11) is 1.43. The predicted molar refractivity (Wildman–Crippen MR) is 68.4 cm³/mol. The van der Waals surface area contributed by atoms with Gasteiger partial charge in [-0.05, 0) is 31.7 Å². The topological polar surface area (TPSA) is 12.0 Å². The number of hydrogen-bond donors (Lipinski definition) is 1. The van der Waals surface area contributed by atoms with E-state index in [4.69, 9.17) is 0 Å². The van der Waals surface area contributed by atoms with Gasteiger partial charge >= 0.3 is 0 Å². The molecule has 0 saturated heterocycles. The van der Waals surface area contributed by atoms with Crippen LogP contribution in [0.5, 0.6) is 0 Å². The molecule has 1 atom stereocenters. The van der Waals surface area contributed by atoms with Crippen LogP contribution in [-0.2, 0) is 0 Å². The Kier molecular flexibility index (Phi) is 4.09. The third kappa shape index (κ3) is 2.41. The van der Waals surface area contributed by atoms with E-state index >= 15 is 0 Å². The molecule has 0 saturated carbocycles. The van der Waals surface area contributed by atoms with Gasteiger partial charge in [0.2, 0.25) is 0 Å². The van der Waals surface area contributed by atoms with Gasteiger partial charge in [0.15, 0.2) is 11.6 Å². The highest BCUT2D eigenvalue weighted by atomic mass is 19.2. The van der Waals surface area contributed by atoms with Gasteiger partial charge in [-0.15, -0.1) is 0 Å². The van der Waals surface area contributed by atoms with Gasteiger partial charge in [-0.3, -0.25) is 0 Å². The lowest BCUT2D eigenvalue weighted by molar-refractivity contribution is 0.472. The summed E-state index contributed by atoms with van der Waals surface area (Å²) in [5.41, 5.74) is -0.230. The zero-order chi connectivity index (χ0) is 14.9. The van der Waals surface area contributed by atoms with Gasteiger partial charge in [-0.25, -0.2) is 17.6 Å². The van der Waals surface area contributed by atoms with Crippen molar-refractivity contribution in [1.82, 2.24) is 5.32 Å². The molecule has 0 aromatic heterocycles. The largest absolute Gasteiger partial charge is 0.309 e. The average molecular weight is 283 g/mol. The molecule has 0 aliphatic rings. The summed E-state index contributed by atoms with van der Waals surface area (Å²) < 4.78 is 55.1. The fraction of sp³-hybridized carbons (Fsp3) is 0.200. The van der Waals surface area contributed by atoms with Gasteiger partial charge in [0.1, 0.15) is 11.6 Å². The molecule has 0 aliphatic carbocycles. The standard InChI is InChI=1S/C15H13F4N/c1-8-6-7-10(16)12(13(8)18)15(20-2)9-4-3-5-11(17)14(9)19/h3-7,15,20H,1-2H3. The van der Waals surface area contributed by atoms with E-state index in [2.05, 4.69) is 5.32 Å². The highest BCUT2D eigenvalue weighted by Gasteiger charge is 2.25. The fourth-order valence-corrected chi connectivity index (χ4v) is 2.14. The van der Waals surface area contributed by atoms with Crippen LogP contribution in [0.2, 0.25) is 0 Å². The van der Waals surface area contributed by atoms with Gasteiger partial charge in [0, 0.05) is 11.1 Å². The van der Waals surface area contributed by atoms with Crippen molar-refractivity contribution in [1.29, 1.82) is 0 Å². The molecule has 2 aromatic rings. The maximum atomic E-state index is 14.1. The number of benzene rings is 2. The SMILES string of the molecule is CNC(c1cccc(F)c1F)c1c(F)ccc(C)c1F. The van der Waals surface area contributed by atoms with E-state index in [-0.39, 0.29) is 16.7 Å². The molecule has 5 heteroatoms. The normalized spacial score (nSPS) is 12.5. The molecule has 20 heavy (non-hydrogen) atoms. The molecule has 2 aromatic carbocycles. The highest BCUT2D eigenvalue weighted by molar-refractivity contribution is 5.37. The average Bonchev–Trinajstić information content (AvgIpc) is 2.43. The van der Waals surface area contributed by atoms with Crippen molar-refractivity contribution < 1.29 is 17.6 Å². The molecule has 1 unspecified atom stereocenters. The summed E-state index contributed by atoms with van der Waals surface area (Å²) in [6.45, 7) is 1.48. The van der Waals surface area contributed by atoms with Crippen LogP contribution in [0.15, 0.2) is 30.3 Å². The van der Waals surface area contributed by atoms with Crippen LogP contribution in [0, 0.1) is 30.2 Å². The van der Waals surface area contributed by atoms with Crippen LogP contribution in [0.3, 0.4) is 0 Å². The zero-order valence-corrected chi connectivity index (χ0v) is 11.0. The van der Waals surface area contributed by atoms with Gasteiger partial charge in [-0.1, -0.05) is 18.2 Å². The second kappa shape index (κ2) is 5.63. The molecule has 0 spiro atoms. The summed E-state index contributed by atoms with van der Waals surface area (Å²) >= 11 is 0. The lowest BCUT2D eigenvalue weighted by Crippen LogP contribution is -2.22. The van der Waals surface area contributed by atoms with Crippen LogP contribution in [0.25, 0.3) is 0 Å². The number of rotatable bonds is 3. The molecule has 0 amide bonds. The minimum atomic E-state index is -1.12. The summed E-state index contributed by atoms with van der Waals surface area (Å²) in [5, 5.41) is 2.62. The molecular weight excluding hydrogens is 270 g/mol. The smallest absolute Gasteiger partial charge is 0.163 e. The van der Waals surface area contributed by atoms with E-state index in [0.717, 1.165) is 12.1 Å². The van der Waals surface area contributed by atoms with Crippen molar-refractivity contribution in [3.8, 4) is 0 Å². The number of aryl methyl sites for hydroxylation is 1. The summed E-state index contributed by atoms with van der Waals surface area (Å²) in [5.74, 6) is -3.76. The van der Waals surface area contributed by atoms with E-state index in [0.29, 0.717) is 0 Å². The quantitative estimate of drug-likeness (QED) is 0.843. The molecule has 0 radical (unpaired) electrons. The van der Waals surface area contributed by atoms with E-state index in [1.165, 1.54) is 32.2 Å². The third-order valence-electron chi connectivity index (χ3n) is 3.19. The Morgan fingerprint density at radius 1 is 0.900 bits per heavy atom. The summed E-state index contributed by atoms with van der Waals surface area (Å²) in [6, 6.07) is 4.84. The molecule has 106 valence electrons. The van der Waals surface area contributed by atoms with Crippen molar-refractivity contribution >= 4 is 0 Å². The van der Waals surface area contributed by atoms with Crippen molar-refractivity contribution in [2.24, 2.45) is 0 Å². The zero-order valence-electron chi connectivity index (χ0n) is 11.0. The Bertz CT molecular complexity index is 640. The highest BCUT2D eigenvalue weighted by Crippen LogP contribution is 2.30. The van der Waals surface area contributed by atoms with Crippen LogP contribution >= 0.6 is 0 Å². The number of hydrogen-bond acceptors (Lipinski definition) is 1. The van der Waals surface area contributed by atoms with Crippen molar-refractivity contribution in [3.05, 3.63) is 70.3 Å². The molecule has 1 N–H and O–H groups in total. The minimum absolute atomic E-state index is 0.143. The van der Waals surface area contributed by atoms with Crippen LogP contribution < -0.4 is 5.32 Å². The maximum Gasteiger partial charge on any atom is 0.163 e. The van der Waals surface area contributed by atoms with Crippen LogP contribution in [0.4, 0.5) is 17.6 Å². The van der Waals surface area contributed by atoms with Crippen LogP contribution in [0.1, 0.15) is 22.7 Å². The van der Waals surface area contributed by atoms with Crippen molar-refractivity contribution in [3.63, 3.8) is 0 Å². The van der Waals surface area contributed by atoms with E-state index in [1.807, 2.05) is 0 Å². The molecule has 0 bridgehead atoms. The molecule has 0 aliphatic heterocycles. The predicted octanol–water partition coefficient (Wildman–Crippen LogP) is 3.86. The molecular formula is C15H13F4N. The minimum Gasteiger partial charge on any atom is -0.309 e.